The van der Waals surface area contributed by atoms with Crippen LogP contribution in [0.1, 0.15) is 18.0 Å². The Bertz CT molecular complexity index is 353. The van der Waals surface area contributed by atoms with Crippen LogP contribution in [0.5, 0.6) is 0 Å². The van der Waals surface area contributed by atoms with E-state index in [1.807, 2.05) is 18.2 Å². The summed E-state index contributed by atoms with van der Waals surface area (Å²) in [5.41, 5.74) is 1.23. The van der Waals surface area contributed by atoms with Gasteiger partial charge in [-0.3, -0.25) is 0 Å². The van der Waals surface area contributed by atoms with Gasteiger partial charge >= 0.3 is 6.09 Å². The third-order valence-corrected chi connectivity index (χ3v) is 2.93. The molecule has 2 N–H and O–H groups in total. The van der Waals surface area contributed by atoms with Gasteiger partial charge in [0.25, 0.3) is 0 Å². The van der Waals surface area contributed by atoms with E-state index in [2.05, 4.69) is 17.4 Å². The Labute approximate surface area is 94.9 Å². The van der Waals surface area contributed by atoms with Gasteiger partial charge in [-0.2, -0.15) is 0 Å². The topological polar surface area (TPSA) is 52.6 Å². The maximum atomic E-state index is 10.8. The molecule has 1 heterocycles. The zero-order valence-electron chi connectivity index (χ0n) is 9.10. The van der Waals surface area contributed by atoms with E-state index in [1.54, 1.807) is 0 Å². The van der Waals surface area contributed by atoms with E-state index in [0.717, 1.165) is 6.42 Å². The van der Waals surface area contributed by atoms with Crippen LogP contribution in [0.4, 0.5) is 4.79 Å². The molecule has 0 spiro atoms. The number of hydrogen-bond acceptors (Lipinski definition) is 2. The molecule has 1 aromatic rings. The lowest BCUT2D eigenvalue weighted by molar-refractivity contribution is 0.148. The van der Waals surface area contributed by atoms with Gasteiger partial charge < -0.3 is 15.3 Å². The summed E-state index contributed by atoms with van der Waals surface area (Å²) in [5.74, 6) is 0. The predicted octanol–water partition coefficient (Wildman–Crippen LogP) is 1.70. The average Bonchev–Trinajstić information content (AvgIpc) is 2.55. The minimum Gasteiger partial charge on any atom is -0.465 e. The van der Waals surface area contributed by atoms with Crippen molar-refractivity contribution >= 4 is 6.09 Å². The summed E-state index contributed by atoms with van der Waals surface area (Å²) in [5, 5.41) is 12.3. The van der Waals surface area contributed by atoms with Crippen LogP contribution in [0, 0.1) is 0 Å². The molecule has 1 unspecified atom stereocenters. The fourth-order valence-electron chi connectivity index (χ4n) is 2.03. The van der Waals surface area contributed by atoms with Crippen molar-refractivity contribution in [2.75, 3.05) is 19.6 Å². The Morgan fingerprint density at radius 1 is 1.31 bits per heavy atom. The second kappa shape index (κ2) is 4.99. The van der Waals surface area contributed by atoms with Gasteiger partial charge in [0.05, 0.1) is 0 Å². The Morgan fingerprint density at radius 2 is 2.06 bits per heavy atom. The molecular weight excluding hydrogens is 204 g/mol. The highest BCUT2D eigenvalue weighted by Gasteiger charge is 2.19. The van der Waals surface area contributed by atoms with Gasteiger partial charge in [-0.05, 0) is 12.0 Å². The highest BCUT2D eigenvalue weighted by atomic mass is 16.4. The SMILES string of the molecule is O=C(O)N1CCNC(c2ccccc2)CC1. The highest BCUT2D eigenvalue weighted by molar-refractivity contribution is 5.64. The van der Waals surface area contributed by atoms with Gasteiger partial charge in [-0.25, -0.2) is 4.79 Å². The second-order valence-electron chi connectivity index (χ2n) is 3.98. The fraction of sp³-hybridized carbons (Fsp3) is 0.417. The van der Waals surface area contributed by atoms with E-state index < -0.39 is 6.09 Å². The van der Waals surface area contributed by atoms with Crippen molar-refractivity contribution in [2.45, 2.75) is 12.5 Å². The maximum Gasteiger partial charge on any atom is 0.407 e. The van der Waals surface area contributed by atoms with Gasteiger partial charge in [0.2, 0.25) is 0 Å². The van der Waals surface area contributed by atoms with Crippen LogP contribution in [0.25, 0.3) is 0 Å². The van der Waals surface area contributed by atoms with Crippen LogP contribution in [-0.2, 0) is 0 Å². The summed E-state index contributed by atoms with van der Waals surface area (Å²) in [6.07, 6.45) is 0.00608. The zero-order valence-corrected chi connectivity index (χ0v) is 9.10. The van der Waals surface area contributed by atoms with Crippen molar-refractivity contribution in [1.82, 2.24) is 10.2 Å². The summed E-state index contributed by atoms with van der Waals surface area (Å²) >= 11 is 0. The minimum absolute atomic E-state index is 0.269. The van der Waals surface area contributed by atoms with Crippen molar-refractivity contribution < 1.29 is 9.90 Å². The fourth-order valence-corrected chi connectivity index (χ4v) is 2.03. The molecular formula is C12H16N2O2. The van der Waals surface area contributed by atoms with E-state index in [0.29, 0.717) is 19.6 Å². The molecule has 4 heteroatoms. The van der Waals surface area contributed by atoms with Gasteiger partial charge in [0.15, 0.2) is 0 Å². The molecule has 4 nitrogen and oxygen atoms in total. The lowest BCUT2D eigenvalue weighted by atomic mass is 10.0. The Kier molecular flexibility index (Phi) is 3.41. The number of carboxylic acid groups (broad SMARTS) is 1. The molecule has 1 amide bonds. The molecule has 16 heavy (non-hydrogen) atoms. The third kappa shape index (κ3) is 2.52. The van der Waals surface area contributed by atoms with Crippen LogP contribution >= 0.6 is 0 Å². The van der Waals surface area contributed by atoms with E-state index in [-0.39, 0.29) is 6.04 Å². The number of hydrogen-bond donors (Lipinski definition) is 2. The number of amides is 1. The van der Waals surface area contributed by atoms with Gasteiger partial charge in [-0.1, -0.05) is 30.3 Å². The summed E-state index contributed by atoms with van der Waals surface area (Å²) in [4.78, 5) is 12.3. The summed E-state index contributed by atoms with van der Waals surface area (Å²) in [6, 6.07) is 10.4. The molecule has 1 fully saturated rings. The molecule has 1 saturated heterocycles. The highest BCUT2D eigenvalue weighted by Crippen LogP contribution is 2.18. The Hall–Kier alpha value is -1.55. The number of rotatable bonds is 1. The van der Waals surface area contributed by atoms with Crippen molar-refractivity contribution in [1.29, 1.82) is 0 Å². The predicted molar refractivity (Wildman–Crippen MR) is 61.4 cm³/mol. The standard InChI is InChI=1S/C12H16N2O2/c15-12(16)14-8-6-11(13-7-9-14)10-4-2-1-3-5-10/h1-5,11,13H,6-9H2,(H,15,16). The summed E-state index contributed by atoms with van der Waals surface area (Å²) < 4.78 is 0. The van der Waals surface area contributed by atoms with Gasteiger partial charge in [0, 0.05) is 25.7 Å². The smallest absolute Gasteiger partial charge is 0.407 e. The number of benzene rings is 1. The monoisotopic (exact) mass is 220 g/mol. The molecule has 1 aromatic carbocycles. The van der Waals surface area contributed by atoms with Crippen LogP contribution in [0.15, 0.2) is 30.3 Å². The molecule has 0 aliphatic carbocycles. The lowest BCUT2D eigenvalue weighted by Crippen LogP contribution is -2.32. The van der Waals surface area contributed by atoms with Crippen LogP contribution in [0.2, 0.25) is 0 Å². The molecule has 0 aromatic heterocycles. The normalized spacial score (nSPS) is 21.5. The zero-order chi connectivity index (χ0) is 11.4. The molecule has 1 atom stereocenters. The number of nitrogens with zero attached hydrogens (tertiary/aromatic N) is 1. The molecule has 1 aliphatic heterocycles. The van der Waals surface area contributed by atoms with Crippen LogP contribution in [-0.4, -0.2) is 35.7 Å². The second-order valence-corrected chi connectivity index (χ2v) is 3.98. The van der Waals surface area contributed by atoms with Gasteiger partial charge in [0.1, 0.15) is 0 Å². The molecule has 86 valence electrons. The summed E-state index contributed by atoms with van der Waals surface area (Å²) in [6.45, 7) is 1.88. The minimum atomic E-state index is -0.824. The number of nitrogens with one attached hydrogen (secondary N) is 1. The van der Waals surface area contributed by atoms with Crippen molar-refractivity contribution in [3.05, 3.63) is 35.9 Å². The van der Waals surface area contributed by atoms with Crippen molar-refractivity contribution in [3.63, 3.8) is 0 Å². The first-order valence-electron chi connectivity index (χ1n) is 5.53. The largest absolute Gasteiger partial charge is 0.465 e. The molecule has 2 rings (SSSR count). The van der Waals surface area contributed by atoms with Crippen LogP contribution < -0.4 is 5.32 Å². The van der Waals surface area contributed by atoms with Crippen molar-refractivity contribution in [3.8, 4) is 0 Å². The van der Waals surface area contributed by atoms with E-state index in [4.69, 9.17) is 5.11 Å². The van der Waals surface area contributed by atoms with Crippen molar-refractivity contribution in [2.24, 2.45) is 0 Å². The molecule has 0 bridgehead atoms. The Balaban J connectivity index is 2.02. The lowest BCUT2D eigenvalue weighted by Gasteiger charge is -2.16. The van der Waals surface area contributed by atoms with Gasteiger partial charge in [-0.15, -0.1) is 0 Å². The van der Waals surface area contributed by atoms with E-state index in [1.165, 1.54) is 10.5 Å². The van der Waals surface area contributed by atoms with Crippen LogP contribution in [0.3, 0.4) is 0 Å². The molecule has 1 aliphatic rings. The van der Waals surface area contributed by atoms with E-state index >= 15 is 0 Å². The Morgan fingerprint density at radius 3 is 2.75 bits per heavy atom. The number of carbonyl (C=O) groups is 1. The molecule has 0 radical (unpaired) electrons. The molecule has 0 saturated carbocycles. The average molecular weight is 220 g/mol. The maximum absolute atomic E-state index is 10.8. The first-order valence-corrected chi connectivity index (χ1v) is 5.53. The summed E-state index contributed by atoms with van der Waals surface area (Å²) in [7, 11) is 0. The first kappa shape index (κ1) is 11.0. The quantitative estimate of drug-likeness (QED) is 0.757. The first-order chi connectivity index (χ1) is 7.77. The third-order valence-electron chi connectivity index (χ3n) is 2.93. The van der Waals surface area contributed by atoms with E-state index in [9.17, 15) is 4.79 Å².